The number of methoxy groups -OCH3 is 1. The van der Waals surface area contributed by atoms with Crippen LogP contribution in [0.3, 0.4) is 0 Å². The van der Waals surface area contributed by atoms with Gasteiger partial charge in [0.25, 0.3) is 5.91 Å². The predicted octanol–water partition coefficient (Wildman–Crippen LogP) is -0.0138. The molecule has 0 radical (unpaired) electrons. The lowest BCUT2D eigenvalue weighted by atomic mass is 10.1. The molecular weight excluding hydrogens is 262 g/mol. The van der Waals surface area contributed by atoms with E-state index >= 15 is 0 Å². The summed E-state index contributed by atoms with van der Waals surface area (Å²) >= 11 is 0. The summed E-state index contributed by atoms with van der Waals surface area (Å²) in [6.45, 7) is 2.62. The van der Waals surface area contributed by atoms with Crippen LogP contribution in [-0.2, 0) is 14.3 Å². The maximum absolute atomic E-state index is 12.5. The van der Waals surface area contributed by atoms with Crippen LogP contribution < -0.4 is 5.73 Å². The van der Waals surface area contributed by atoms with Gasteiger partial charge in [-0.3, -0.25) is 9.78 Å². The van der Waals surface area contributed by atoms with E-state index in [4.69, 9.17) is 10.5 Å². The van der Waals surface area contributed by atoms with Crippen molar-refractivity contribution < 1.29 is 19.1 Å². The zero-order valence-electron chi connectivity index (χ0n) is 11.5. The number of morpholine rings is 1. The number of anilines is 1. The van der Waals surface area contributed by atoms with E-state index < -0.39 is 12.1 Å². The predicted molar refractivity (Wildman–Crippen MR) is 71.0 cm³/mol. The van der Waals surface area contributed by atoms with Gasteiger partial charge >= 0.3 is 5.97 Å². The molecule has 1 atom stereocenters. The van der Waals surface area contributed by atoms with Gasteiger partial charge in [-0.2, -0.15) is 0 Å². The lowest BCUT2D eigenvalue weighted by Gasteiger charge is -2.31. The normalized spacial score (nSPS) is 18.7. The highest BCUT2D eigenvalue weighted by Crippen LogP contribution is 2.15. The fourth-order valence-electron chi connectivity index (χ4n) is 2.04. The summed E-state index contributed by atoms with van der Waals surface area (Å²) in [5.41, 5.74) is 7.13. The first kappa shape index (κ1) is 14.3. The first-order valence-corrected chi connectivity index (χ1v) is 6.23. The third kappa shape index (κ3) is 2.88. The van der Waals surface area contributed by atoms with Crippen LogP contribution in [0.15, 0.2) is 12.3 Å². The SMILES string of the molecule is COC(=O)C1CN(C(=O)c2cc(N)cnc2C)CCO1. The number of nitrogens with zero attached hydrogens (tertiary/aromatic N) is 2. The van der Waals surface area contributed by atoms with Gasteiger partial charge in [0, 0.05) is 6.54 Å². The van der Waals surface area contributed by atoms with Gasteiger partial charge in [0.2, 0.25) is 0 Å². The third-order valence-electron chi connectivity index (χ3n) is 3.16. The molecule has 1 fully saturated rings. The summed E-state index contributed by atoms with van der Waals surface area (Å²) in [5, 5.41) is 0. The molecule has 2 N–H and O–H groups in total. The molecule has 0 spiro atoms. The molecule has 1 aromatic heterocycles. The minimum absolute atomic E-state index is 0.166. The Morgan fingerprint density at radius 1 is 1.55 bits per heavy atom. The van der Waals surface area contributed by atoms with Crippen molar-refractivity contribution in [3.63, 3.8) is 0 Å². The molecule has 7 nitrogen and oxygen atoms in total. The molecule has 0 bridgehead atoms. The number of carbonyl (C=O) groups excluding carboxylic acids is 2. The number of aryl methyl sites for hydroxylation is 1. The van der Waals surface area contributed by atoms with E-state index in [1.54, 1.807) is 17.9 Å². The van der Waals surface area contributed by atoms with Crippen molar-refractivity contribution in [2.45, 2.75) is 13.0 Å². The number of nitrogen functional groups attached to an aromatic ring is 1. The number of amides is 1. The number of aromatic nitrogens is 1. The largest absolute Gasteiger partial charge is 0.467 e. The highest BCUT2D eigenvalue weighted by molar-refractivity contribution is 5.96. The molecular formula is C13H17N3O4. The molecule has 1 unspecified atom stereocenters. The zero-order chi connectivity index (χ0) is 14.7. The highest BCUT2D eigenvalue weighted by Gasteiger charge is 2.31. The number of carbonyl (C=O) groups is 2. The Hall–Kier alpha value is -2.15. The van der Waals surface area contributed by atoms with Crippen LogP contribution in [0.5, 0.6) is 0 Å². The maximum atomic E-state index is 12.5. The molecule has 20 heavy (non-hydrogen) atoms. The molecule has 1 aliphatic heterocycles. The average Bonchev–Trinajstić information content (AvgIpc) is 2.48. The molecule has 1 amide bonds. The van der Waals surface area contributed by atoms with Crippen LogP contribution >= 0.6 is 0 Å². The molecule has 108 valence electrons. The topological polar surface area (TPSA) is 94.8 Å². The number of hydrogen-bond donors (Lipinski definition) is 1. The van der Waals surface area contributed by atoms with Crippen LogP contribution in [0, 0.1) is 6.92 Å². The van der Waals surface area contributed by atoms with Crippen LogP contribution in [0.2, 0.25) is 0 Å². The van der Waals surface area contributed by atoms with Gasteiger partial charge < -0.3 is 20.1 Å². The van der Waals surface area contributed by atoms with E-state index in [0.29, 0.717) is 30.1 Å². The molecule has 2 heterocycles. The first-order valence-electron chi connectivity index (χ1n) is 6.23. The average molecular weight is 279 g/mol. The Bertz CT molecular complexity index is 532. The van der Waals surface area contributed by atoms with Crippen LogP contribution in [0.25, 0.3) is 0 Å². The molecule has 0 aliphatic carbocycles. The molecule has 1 aliphatic rings. The van der Waals surface area contributed by atoms with Crippen LogP contribution in [-0.4, -0.2) is 54.7 Å². The lowest BCUT2D eigenvalue weighted by Crippen LogP contribution is -2.49. The van der Waals surface area contributed by atoms with E-state index in [2.05, 4.69) is 9.72 Å². The van der Waals surface area contributed by atoms with Gasteiger partial charge in [-0.15, -0.1) is 0 Å². The summed E-state index contributed by atoms with van der Waals surface area (Å²) in [4.78, 5) is 29.5. The highest BCUT2D eigenvalue weighted by atomic mass is 16.6. The summed E-state index contributed by atoms with van der Waals surface area (Å²) in [7, 11) is 1.29. The van der Waals surface area contributed by atoms with Gasteiger partial charge in [-0.25, -0.2) is 4.79 Å². The van der Waals surface area contributed by atoms with Crippen molar-refractivity contribution in [2.24, 2.45) is 0 Å². The van der Waals surface area contributed by atoms with E-state index in [-0.39, 0.29) is 12.5 Å². The van der Waals surface area contributed by atoms with Crippen LogP contribution in [0.4, 0.5) is 5.69 Å². The molecule has 2 rings (SSSR count). The summed E-state index contributed by atoms with van der Waals surface area (Å²) in [6.07, 6.45) is 0.759. The van der Waals surface area contributed by atoms with Crippen molar-refractivity contribution >= 4 is 17.6 Å². The van der Waals surface area contributed by atoms with Crippen molar-refractivity contribution in [1.82, 2.24) is 9.88 Å². The second-order valence-corrected chi connectivity index (χ2v) is 4.54. The Balaban J connectivity index is 2.16. The fraction of sp³-hybridized carbons (Fsp3) is 0.462. The number of esters is 1. The standard InChI is InChI=1S/C13H17N3O4/c1-8-10(5-9(14)6-15-8)12(17)16-3-4-20-11(7-16)13(18)19-2/h5-6,11H,3-4,7,14H2,1-2H3. The fourth-order valence-corrected chi connectivity index (χ4v) is 2.04. The number of ether oxygens (including phenoxy) is 2. The summed E-state index contributed by atoms with van der Waals surface area (Å²) in [5.74, 6) is -0.690. The van der Waals surface area contributed by atoms with Gasteiger partial charge in [0.05, 0.1) is 43.4 Å². The minimum Gasteiger partial charge on any atom is -0.467 e. The van der Waals surface area contributed by atoms with Crippen molar-refractivity contribution in [1.29, 1.82) is 0 Å². The van der Waals surface area contributed by atoms with E-state index in [0.717, 1.165) is 0 Å². The van der Waals surface area contributed by atoms with Crippen molar-refractivity contribution in [3.8, 4) is 0 Å². The van der Waals surface area contributed by atoms with Gasteiger partial charge in [0.1, 0.15) is 0 Å². The number of rotatable bonds is 2. The van der Waals surface area contributed by atoms with Gasteiger partial charge in [-0.05, 0) is 13.0 Å². The quantitative estimate of drug-likeness (QED) is 0.765. The van der Waals surface area contributed by atoms with Crippen molar-refractivity contribution in [2.75, 3.05) is 32.5 Å². The smallest absolute Gasteiger partial charge is 0.336 e. The van der Waals surface area contributed by atoms with E-state index in [1.165, 1.54) is 13.3 Å². The molecule has 7 heteroatoms. The zero-order valence-corrected chi connectivity index (χ0v) is 11.5. The third-order valence-corrected chi connectivity index (χ3v) is 3.16. The van der Waals surface area contributed by atoms with E-state index in [1.807, 2.05) is 0 Å². The second kappa shape index (κ2) is 5.87. The first-order chi connectivity index (χ1) is 9.52. The van der Waals surface area contributed by atoms with E-state index in [9.17, 15) is 9.59 Å². The van der Waals surface area contributed by atoms with Gasteiger partial charge in [-0.1, -0.05) is 0 Å². The molecule has 1 saturated heterocycles. The number of nitrogens with two attached hydrogens (primary N) is 1. The van der Waals surface area contributed by atoms with Crippen molar-refractivity contribution in [3.05, 3.63) is 23.5 Å². The summed E-state index contributed by atoms with van der Waals surface area (Å²) in [6, 6.07) is 1.59. The minimum atomic E-state index is -0.743. The van der Waals surface area contributed by atoms with Gasteiger partial charge in [0.15, 0.2) is 6.10 Å². The number of hydrogen-bond acceptors (Lipinski definition) is 6. The second-order valence-electron chi connectivity index (χ2n) is 4.54. The lowest BCUT2D eigenvalue weighted by molar-refractivity contribution is -0.158. The molecule has 0 saturated carbocycles. The molecule has 1 aromatic rings. The Labute approximate surface area is 116 Å². The Morgan fingerprint density at radius 3 is 3.00 bits per heavy atom. The monoisotopic (exact) mass is 279 g/mol. The Morgan fingerprint density at radius 2 is 2.30 bits per heavy atom. The maximum Gasteiger partial charge on any atom is 0.336 e. The Kier molecular flexibility index (Phi) is 4.19. The van der Waals surface area contributed by atoms with Crippen LogP contribution in [0.1, 0.15) is 16.1 Å². The molecule has 0 aromatic carbocycles. The summed E-state index contributed by atoms with van der Waals surface area (Å²) < 4.78 is 9.92. The number of pyridine rings is 1.